The van der Waals surface area contributed by atoms with Gasteiger partial charge in [-0.3, -0.25) is 0 Å². The van der Waals surface area contributed by atoms with Crippen LogP contribution in [0.15, 0.2) is 60.9 Å². The molecule has 1 heterocycles. The minimum absolute atomic E-state index is 0.616. The molecule has 0 saturated heterocycles. The van der Waals surface area contributed by atoms with Gasteiger partial charge in [0.1, 0.15) is 6.54 Å². The summed E-state index contributed by atoms with van der Waals surface area (Å²) in [6.45, 7) is 6.86. The lowest BCUT2D eigenvalue weighted by atomic mass is 10.0. The summed E-state index contributed by atoms with van der Waals surface area (Å²) in [5, 5.41) is 0. The molecule has 0 N–H and O–H groups in total. The quantitative estimate of drug-likeness (QED) is 0.461. The Morgan fingerprint density at radius 3 is 2.54 bits per heavy atom. The molecule has 1 atom stereocenters. The standard InChI is InChI=1S/C23H31N2O/c1-3-5-11-20(4-2)17-26-19-25-18-24(16-21-12-7-6-8-13-21)22-14-9-10-15-23(22)25/h6-10,12-15,18,20H,3-5,11,16-17,19H2,1-2H3/q+1/t20-/m1/s1. The average Bonchev–Trinajstić information content (AvgIpc) is 3.03. The van der Waals surface area contributed by atoms with Crippen LogP contribution >= 0.6 is 0 Å². The highest BCUT2D eigenvalue weighted by Gasteiger charge is 2.16. The lowest BCUT2D eigenvalue weighted by Crippen LogP contribution is -2.32. The first-order valence-corrected chi connectivity index (χ1v) is 9.90. The van der Waals surface area contributed by atoms with Gasteiger partial charge in [-0.2, -0.15) is 0 Å². The molecule has 0 saturated carbocycles. The van der Waals surface area contributed by atoms with Gasteiger partial charge < -0.3 is 4.74 Å². The van der Waals surface area contributed by atoms with Crippen molar-refractivity contribution in [2.75, 3.05) is 6.61 Å². The Bertz CT molecular complexity index is 794. The first-order chi connectivity index (χ1) is 12.8. The Hall–Kier alpha value is -2.13. The molecule has 26 heavy (non-hydrogen) atoms. The second-order valence-corrected chi connectivity index (χ2v) is 7.10. The summed E-state index contributed by atoms with van der Waals surface area (Å²) in [5.74, 6) is 0.674. The van der Waals surface area contributed by atoms with E-state index in [1.165, 1.54) is 42.3 Å². The molecule has 0 unspecified atom stereocenters. The third-order valence-electron chi connectivity index (χ3n) is 5.10. The SMILES string of the molecule is CCCC[C@@H](CC)COCn1c[n+](Cc2ccccc2)c2ccccc21. The van der Waals surface area contributed by atoms with E-state index >= 15 is 0 Å². The third-order valence-corrected chi connectivity index (χ3v) is 5.10. The highest BCUT2D eigenvalue weighted by atomic mass is 16.5. The minimum atomic E-state index is 0.616. The fourth-order valence-electron chi connectivity index (χ4n) is 3.47. The van der Waals surface area contributed by atoms with E-state index < -0.39 is 0 Å². The number of hydrogen-bond donors (Lipinski definition) is 0. The number of rotatable bonds is 10. The number of hydrogen-bond acceptors (Lipinski definition) is 1. The van der Waals surface area contributed by atoms with Crippen molar-refractivity contribution in [2.45, 2.75) is 52.8 Å². The molecule has 1 aromatic heterocycles. The zero-order chi connectivity index (χ0) is 18.2. The number of para-hydroxylation sites is 2. The molecule has 0 amide bonds. The van der Waals surface area contributed by atoms with Crippen molar-refractivity contribution < 1.29 is 9.30 Å². The molecule has 0 aliphatic carbocycles. The molecule has 2 aromatic carbocycles. The summed E-state index contributed by atoms with van der Waals surface area (Å²) in [6.07, 6.45) is 7.21. The van der Waals surface area contributed by atoms with Crippen molar-refractivity contribution in [1.29, 1.82) is 0 Å². The molecule has 0 bridgehead atoms. The normalized spacial score (nSPS) is 12.5. The van der Waals surface area contributed by atoms with Gasteiger partial charge in [0.2, 0.25) is 6.33 Å². The van der Waals surface area contributed by atoms with E-state index in [1.807, 2.05) is 0 Å². The van der Waals surface area contributed by atoms with Crippen molar-refractivity contribution in [3.63, 3.8) is 0 Å². The number of nitrogens with zero attached hydrogens (tertiary/aromatic N) is 2. The van der Waals surface area contributed by atoms with Crippen LogP contribution in [0.25, 0.3) is 11.0 Å². The summed E-state index contributed by atoms with van der Waals surface area (Å²) in [4.78, 5) is 0. The predicted octanol–water partition coefficient (Wildman–Crippen LogP) is 5.17. The fourth-order valence-corrected chi connectivity index (χ4v) is 3.47. The summed E-state index contributed by atoms with van der Waals surface area (Å²) >= 11 is 0. The van der Waals surface area contributed by atoms with E-state index in [4.69, 9.17) is 4.74 Å². The first-order valence-electron chi connectivity index (χ1n) is 9.90. The van der Waals surface area contributed by atoms with Crippen LogP contribution in [-0.4, -0.2) is 11.2 Å². The Morgan fingerprint density at radius 2 is 1.77 bits per heavy atom. The maximum Gasteiger partial charge on any atom is 0.246 e. The van der Waals surface area contributed by atoms with Gasteiger partial charge in [0.25, 0.3) is 0 Å². The van der Waals surface area contributed by atoms with E-state index in [0.717, 1.165) is 13.2 Å². The maximum atomic E-state index is 6.09. The lowest BCUT2D eigenvalue weighted by molar-refractivity contribution is -0.663. The number of imidazole rings is 1. The van der Waals surface area contributed by atoms with Crippen molar-refractivity contribution in [1.82, 2.24) is 4.57 Å². The fraction of sp³-hybridized carbons (Fsp3) is 0.435. The predicted molar refractivity (Wildman–Crippen MR) is 107 cm³/mol. The third kappa shape index (κ3) is 4.73. The van der Waals surface area contributed by atoms with Crippen LogP contribution in [0.2, 0.25) is 0 Å². The second kappa shape index (κ2) is 9.54. The van der Waals surface area contributed by atoms with E-state index in [0.29, 0.717) is 12.6 Å². The monoisotopic (exact) mass is 351 g/mol. The summed E-state index contributed by atoms with van der Waals surface area (Å²) in [7, 11) is 0. The van der Waals surface area contributed by atoms with Crippen LogP contribution in [0.3, 0.4) is 0 Å². The van der Waals surface area contributed by atoms with Crippen LogP contribution < -0.4 is 4.57 Å². The molecule has 0 radical (unpaired) electrons. The molecule has 0 aliphatic heterocycles. The maximum absolute atomic E-state index is 6.09. The summed E-state index contributed by atoms with van der Waals surface area (Å²) in [6, 6.07) is 19.2. The van der Waals surface area contributed by atoms with Crippen molar-refractivity contribution in [2.24, 2.45) is 5.92 Å². The molecule has 0 spiro atoms. The van der Waals surface area contributed by atoms with Crippen molar-refractivity contribution in [3.8, 4) is 0 Å². The van der Waals surface area contributed by atoms with Gasteiger partial charge >= 0.3 is 0 Å². The average molecular weight is 352 g/mol. The summed E-state index contributed by atoms with van der Waals surface area (Å²) in [5.41, 5.74) is 3.79. The molecule has 138 valence electrons. The zero-order valence-electron chi connectivity index (χ0n) is 16.1. The Kier molecular flexibility index (Phi) is 6.84. The minimum Gasteiger partial charge on any atom is -0.341 e. The van der Waals surface area contributed by atoms with Gasteiger partial charge in [0.15, 0.2) is 17.8 Å². The first kappa shape index (κ1) is 18.7. The Morgan fingerprint density at radius 1 is 1.00 bits per heavy atom. The van der Waals surface area contributed by atoms with Gasteiger partial charge in [-0.05, 0) is 30.0 Å². The second-order valence-electron chi connectivity index (χ2n) is 7.10. The van der Waals surface area contributed by atoms with E-state index in [9.17, 15) is 0 Å². The highest BCUT2D eigenvalue weighted by molar-refractivity contribution is 5.71. The van der Waals surface area contributed by atoms with Gasteiger partial charge in [-0.25, -0.2) is 9.13 Å². The molecule has 0 fully saturated rings. The van der Waals surface area contributed by atoms with E-state index in [1.54, 1.807) is 0 Å². The highest BCUT2D eigenvalue weighted by Crippen LogP contribution is 2.15. The van der Waals surface area contributed by atoms with Crippen LogP contribution in [-0.2, 0) is 18.0 Å². The van der Waals surface area contributed by atoms with Crippen LogP contribution in [0, 0.1) is 5.92 Å². The molecule has 3 heteroatoms. The Labute approximate surface area is 157 Å². The number of aromatic nitrogens is 2. The molecule has 3 rings (SSSR count). The van der Waals surface area contributed by atoms with Crippen LogP contribution in [0.4, 0.5) is 0 Å². The summed E-state index contributed by atoms with van der Waals surface area (Å²) < 4.78 is 10.6. The molecular formula is C23H31N2O+. The van der Waals surface area contributed by atoms with Crippen molar-refractivity contribution in [3.05, 3.63) is 66.5 Å². The van der Waals surface area contributed by atoms with E-state index in [-0.39, 0.29) is 0 Å². The molecular weight excluding hydrogens is 320 g/mol. The Balaban J connectivity index is 1.70. The van der Waals surface area contributed by atoms with Gasteiger partial charge in [0.05, 0.1) is 6.61 Å². The van der Waals surface area contributed by atoms with E-state index in [2.05, 4.69) is 83.9 Å². The number of benzene rings is 2. The topological polar surface area (TPSA) is 18.0 Å². The number of fused-ring (bicyclic) bond motifs is 1. The van der Waals surface area contributed by atoms with Crippen LogP contribution in [0.1, 0.15) is 45.1 Å². The molecule has 3 nitrogen and oxygen atoms in total. The van der Waals surface area contributed by atoms with Crippen LogP contribution in [0.5, 0.6) is 0 Å². The van der Waals surface area contributed by atoms with Crippen molar-refractivity contribution >= 4 is 11.0 Å². The lowest BCUT2D eigenvalue weighted by Gasteiger charge is -2.13. The largest absolute Gasteiger partial charge is 0.341 e. The van der Waals surface area contributed by atoms with Gasteiger partial charge in [0, 0.05) is 0 Å². The zero-order valence-corrected chi connectivity index (χ0v) is 16.1. The molecule has 0 aliphatic rings. The van der Waals surface area contributed by atoms with Gasteiger partial charge in [-0.1, -0.05) is 75.6 Å². The molecule has 3 aromatic rings. The number of unbranched alkanes of at least 4 members (excludes halogenated alkanes) is 1. The van der Waals surface area contributed by atoms with Gasteiger partial charge in [-0.15, -0.1) is 0 Å². The number of ether oxygens (including phenoxy) is 1. The smallest absolute Gasteiger partial charge is 0.246 e.